The molecule has 0 saturated carbocycles. The molecule has 2 heterocycles. The van der Waals surface area contributed by atoms with Crippen LogP contribution in [-0.2, 0) is 15.1 Å². The van der Waals surface area contributed by atoms with Crippen LogP contribution in [0.1, 0.15) is 58.1 Å². The molecule has 0 radical (unpaired) electrons. The van der Waals surface area contributed by atoms with Gasteiger partial charge < -0.3 is 10.2 Å². The summed E-state index contributed by atoms with van der Waals surface area (Å²) in [6.45, 7) is 11.3. The summed E-state index contributed by atoms with van der Waals surface area (Å²) in [5.74, 6) is 0.711. The van der Waals surface area contributed by atoms with Gasteiger partial charge in [0.15, 0.2) is 0 Å². The van der Waals surface area contributed by atoms with Gasteiger partial charge in [-0.15, -0.1) is 0 Å². The number of imide groups is 1. The summed E-state index contributed by atoms with van der Waals surface area (Å²) in [6.07, 6.45) is 1.09. The molecular weight excluding hydrogens is 354 g/mol. The molecule has 2 aliphatic rings. The number of urea groups is 1. The second-order valence-electron chi connectivity index (χ2n) is 8.97. The summed E-state index contributed by atoms with van der Waals surface area (Å²) < 4.78 is 0. The lowest BCUT2D eigenvalue weighted by atomic mass is 9.90. The first-order valence-corrected chi connectivity index (χ1v) is 10.1. The van der Waals surface area contributed by atoms with Crippen LogP contribution in [0, 0.1) is 11.8 Å². The first kappa shape index (κ1) is 20.4. The number of hydrogen-bond donors (Lipinski definition) is 1. The fourth-order valence-corrected chi connectivity index (χ4v) is 4.34. The second-order valence-corrected chi connectivity index (χ2v) is 8.97. The van der Waals surface area contributed by atoms with Gasteiger partial charge in [-0.1, -0.05) is 52.0 Å². The Labute approximate surface area is 167 Å². The smallest absolute Gasteiger partial charge is 0.325 e. The first-order valence-electron chi connectivity index (χ1n) is 10.1. The largest absolute Gasteiger partial charge is 0.341 e. The predicted molar refractivity (Wildman–Crippen MR) is 108 cm³/mol. The number of benzene rings is 1. The molecule has 3 atom stereocenters. The van der Waals surface area contributed by atoms with Crippen molar-refractivity contribution >= 4 is 17.8 Å². The van der Waals surface area contributed by atoms with Crippen molar-refractivity contribution in [3.05, 3.63) is 35.4 Å². The van der Waals surface area contributed by atoms with Gasteiger partial charge in [-0.05, 0) is 42.2 Å². The van der Waals surface area contributed by atoms with Crippen molar-refractivity contribution in [3.63, 3.8) is 0 Å². The molecule has 6 nitrogen and oxygen atoms in total. The third-order valence-electron chi connectivity index (χ3n) is 5.94. The van der Waals surface area contributed by atoms with E-state index in [1.54, 1.807) is 11.8 Å². The summed E-state index contributed by atoms with van der Waals surface area (Å²) in [4.78, 5) is 41.2. The minimum absolute atomic E-state index is 0.165. The van der Waals surface area contributed by atoms with Crippen LogP contribution in [0.5, 0.6) is 0 Å². The summed E-state index contributed by atoms with van der Waals surface area (Å²) in [7, 11) is 0. The maximum atomic E-state index is 13.1. The number of nitrogens with one attached hydrogen (secondary N) is 1. The van der Waals surface area contributed by atoms with Crippen LogP contribution in [0.4, 0.5) is 4.79 Å². The monoisotopic (exact) mass is 385 g/mol. The highest BCUT2D eigenvalue weighted by molar-refractivity contribution is 6.09. The molecule has 152 valence electrons. The molecule has 4 amide bonds. The molecule has 6 heteroatoms. The van der Waals surface area contributed by atoms with Gasteiger partial charge in [0, 0.05) is 13.1 Å². The molecule has 28 heavy (non-hydrogen) atoms. The number of amides is 4. The third kappa shape index (κ3) is 3.77. The minimum Gasteiger partial charge on any atom is -0.341 e. The number of carbonyl (C=O) groups excluding carboxylic acids is 3. The van der Waals surface area contributed by atoms with Crippen LogP contribution in [-0.4, -0.2) is 47.3 Å². The van der Waals surface area contributed by atoms with Gasteiger partial charge >= 0.3 is 6.03 Å². The van der Waals surface area contributed by atoms with Gasteiger partial charge in [-0.3, -0.25) is 14.5 Å². The fourth-order valence-electron chi connectivity index (χ4n) is 4.34. The molecule has 0 aliphatic carbocycles. The Kier molecular flexibility index (Phi) is 5.50. The van der Waals surface area contributed by atoms with Gasteiger partial charge in [0.1, 0.15) is 12.1 Å². The van der Waals surface area contributed by atoms with Crippen LogP contribution < -0.4 is 5.32 Å². The predicted octanol–water partition coefficient (Wildman–Crippen LogP) is 3.08. The molecule has 2 aliphatic heterocycles. The van der Waals surface area contributed by atoms with E-state index < -0.39 is 11.6 Å². The van der Waals surface area contributed by atoms with Gasteiger partial charge in [-0.2, -0.15) is 0 Å². The number of piperidine rings is 1. The number of nitrogens with zero attached hydrogens (tertiary/aromatic N) is 2. The standard InChI is InChI=1S/C22H31N3O3/c1-14(2)17-6-8-18(9-7-17)22(5)20(27)25(21(28)23-22)13-19(26)24-11-15(3)10-16(4)12-24/h6-9,14-16H,10-13H2,1-5H3,(H,23,28)/t15-,16-,22-/m1/s1. The number of rotatable bonds is 4. The average molecular weight is 386 g/mol. The summed E-state index contributed by atoms with van der Waals surface area (Å²) in [5.41, 5.74) is 0.755. The zero-order valence-corrected chi connectivity index (χ0v) is 17.5. The topological polar surface area (TPSA) is 69.7 Å². The number of carbonyl (C=O) groups is 3. The van der Waals surface area contributed by atoms with E-state index in [9.17, 15) is 14.4 Å². The summed E-state index contributed by atoms with van der Waals surface area (Å²) in [5, 5.41) is 2.79. The van der Waals surface area contributed by atoms with E-state index in [4.69, 9.17) is 0 Å². The molecule has 2 saturated heterocycles. The molecule has 0 spiro atoms. The highest BCUT2D eigenvalue weighted by Gasteiger charge is 2.49. The van der Waals surface area contributed by atoms with Crippen LogP contribution >= 0.6 is 0 Å². The van der Waals surface area contributed by atoms with Gasteiger partial charge in [0.25, 0.3) is 5.91 Å². The SMILES string of the molecule is CC(C)c1ccc([C@@]2(C)NC(=O)N(CC(=O)N3C[C@H](C)C[C@@H](C)C3)C2=O)cc1. The Bertz CT molecular complexity index is 764. The van der Waals surface area contributed by atoms with Crippen LogP contribution in [0.2, 0.25) is 0 Å². The van der Waals surface area contributed by atoms with Crippen molar-refractivity contribution in [1.82, 2.24) is 15.1 Å². The molecular formula is C22H31N3O3. The molecule has 0 bridgehead atoms. The lowest BCUT2D eigenvalue weighted by Gasteiger charge is -2.35. The summed E-state index contributed by atoms with van der Waals surface area (Å²) >= 11 is 0. The van der Waals surface area contributed by atoms with Crippen molar-refractivity contribution in [2.45, 2.75) is 52.5 Å². The van der Waals surface area contributed by atoms with Crippen molar-refractivity contribution in [3.8, 4) is 0 Å². The normalized spacial score (nSPS) is 28.1. The van der Waals surface area contributed by atoms with Crippen LogP contribution in [0.3, 0.4) is 0 Å². The molecule has 0 unspecified atom stereocenters. The maximum Gasteiger partial charge on any atom is 0.325 e. The van der Waals surface area contributed by atoms with E-state index in [-0.39, 0.29) is 18.4 Å². The second kappa shape index (κ2) is 7.57. The van der Waals surface area contributed by atoms with Crippen molar-refractivity contribution in [1.29, 1.82) is 0 Å². The molecule has 1 aromatic rings. The molecule has 2 fully saturated rings. The number of hydrogen-bond acceptors (Lipinski definition) is 3. The zero-order valence-electron chi connectivity index (χ0n) is 17.5. The Morgan fingerprint density at radius 3 is 2.25 bits per heavy atom. The molecule has 0 aromatic heterocycles. The average Bonchev–Trinajstić information content (AvgIpc) is 2.85. The Hall–Kier alpha value is -2.37. The quantitative estimate of drug-likeness (QED) is 0.810. The van der Waals surface area contributed by atoms with Crippen molar-refractivity contribution in [2.75, 3.05) is 19.6 Å². The fraction of sp³-hybridized carbons (Fsp3) is 0.591. The molecule has 3 rings (SSSR count). The zero-order chi connectivity index (χ0) is 20.6. The van der Waals surface area contributed by atoms with Crippen LogP contribution in [0.25, 0.3) is 0 Å². The lowest BCUT2D eigenvalue weighted by Crippen LogP contribution is -2.48. The van der Waals surface area contributed by atoms with Gasteiger partial charge in [-0.25, -0.2) is 4.79 Å². The Morgan fingerprint density at radius 1 is 1.14 bits per heavy atom. The number of likely N-dealkylation sites (tertiary alicyclic amines) is 1. The van der Waals surface area contributed by atoms with Gasteiger partial charge in [0.2, 0.25) is 5.91 Å². The van der Waals surface area contributed by atoms with Crippen LogP contribution in [0.15, 0.2) is 24.3 Å². The third-order valence-corrected chi connectivity index (χ3v) is 5.94. The highest BCUT2D eigenvalue weighted by atomic mass is 16.2. The summed E-state index contributed by atoms with van der Waals surface area (Å²) in [6, 6.07) is 7.22. The van der Waals surface area contributed by atoms with Crippen molar-refractivity contribution < 1.29 is 14.4 Å². The van der Waals surface area contributed by atoms with E-state index in [1.165, 1.54) is 5.56 Å². The van der Waals surface area contributed by atoms with Gasteiger partial charge in [0.05, 0.1) is 0 Å². The molecule has 1 N–H and O–H groups in total. The van der Waals surface area contributed by atoms with E-state index in [0.29, 0.717) is 30.8 Å². The molecule has 1 aromatic carbocycles. The maximum absolute atomic E-state index is 13.1. The van der Waals surface area contributed by atoms with E-state index in [0.717, 1.165) is 16.9 Å². The first-order chi connectivity index (χ1) is 13.1. The minimum atomic E-state index is -1.14. The Morgan fingerprint density at radius 2 is 1.71 bits per heavy atom. The van der Waals surface area contributed by atoms with E-state index >= 15 is 0 Å². The van der Waals surface area contributed by atoms with Crippen molar-refractivity contribution in [2.24, 2.45) is 11.8 Å². The Balaban J connectivity index is 1.74. The van der Waals surface area contributed by atoms with E-state index in [2.05, 4.69) is 33.0 Å². The highest BCUT2D eigenvalue weighted by Crippen LogP contribution is 2.30. The van der Waals surface area contributed by atoms with E-state index in [1.807, 2.05) is 24.3 Å². The lowest BCUT2D eigenvalue weighted by molar-refractivity contribution is -0.140.